The third-order valence-electron chi connectivity index (χ3n) is 9.98. The van der Waals surface area contributed by atoms with Gasteiger partial charge in [0.1, 0.15) is 11.2 Å². The molecule has 3 N–H and O–H groups in total. The molecule has 0 spiro atoms. The maximum Gasteiger partial charge on any atom is 0.135 e. The van der Waals surface area contributed by atoms with E-state index < -0.39 is 0 Å². The Bertz CT molecular complexity index is 3010. The summed E-state index contributed by atoms with van der Waals surface area (Å²) in [5.74, 6) is 6.50. The molecule has 50 heavy (non-hydrogen) atoms. The number of aromatic nitrogens is 1. The first kappa shape index (κ1) is 28.6. The van der Waals surface area contributed by atoms with Crippen molar-refractivity contribution in [2.75, 3.05) is 5.43 Å². The fourth-order valence-corrected chi connectivity index (χ4v) is 8.97. The predicted octanol–water partition coefficient (Wildman–Crippen LogP) is 11.5. The number of anilines is 1. The number of benzene rings is 7. The van der Waals surface area contributed by atoms with Gasteiger partial charge in [0.25, 0.3) is 0 Å². The van der Waals surface area contributed by atoms with Crippen molar-refractivity contribution in [2.45, 2.75) is 6.04 Å². The molecular weight excluding hydrogens is 633 g/mol. The number of nitriles is 1. The Balaban J connectivity index is 1.30. The Labute approximate surface area is 291 Å². The van der Waals surface area contributed by atoms with Gasteiger partial charge in [0, 0.05) is 37.1 Å². The van der Waals surface area contributed by atoms with Gasteiger partial charge in [-0.25, -0.2) is 0 Å². The molecule has 5 nitrogen and oxygen atoms in total. The average Bonchev–Trinajstić information content (AvgIpc) is 3.83. The molecule has 10 aromatic rings. The quantitative estimate of drug-likeness (QED) is 0.142. The summed E-state index contributed by atoms with van der Waals surface area (Å²) in [5.41, 5.74) is 11.8. The van der Waals surface area contributed by atoms with Crippen molar-refractivity contribution in [1.82, 2.24) is 4.57 Å². The minimum absolute atomic E-state index is 0.231. The van der Waals surface area contributed by atoms with Crippen LogP contribution in [0.1, 0.15) is 22.0 Å². The van der Waals surface area contributed by atoms with E-state index in [1.165, 1.54) is 21.5 Å². The number of para-hydroxylation sites is 2. The van der Waals surface area contributed by atoms with Crippen LogP contribution in [0.25, 0.3) is 75.7 Å². The second kappa shape index (κ2) is 11.1. The summed E-state index contributed by atoms with van der Waals surface area (Å²) < 4.78 is 9.89. The largest absolute Gasteiger partial charge is 0.456 e. The fraction of sp³-hybridized carbons (Fsp3) is 0.0227. The number of nitrogens with one attached hydrogen (secondary N) is 1. The van der Waals surface area contributed by atoms with Crippen molar-refractivity contribution in [3.05, 3.63) is 162 Å². The van der Waals surface area contributed by atoms with Crippen LogP contribution in [0.3, 0.4) is 0 Å². The summed E-state index contributed by atoms with van der Waals surface area (Å²) in [6.07, 6.45) is 0. The van der Waals surface area contributed by atoms with Crippen LogP contribution in [0.2, 0.25) is 0 Å². The van der Waals surface area contributed by atoms with Gasteiger partial charge >= 0.3 is 0 Å². The van der Waals surface area contributed by atoms with Gasteiger partial charge in [-0.05, 0) is 88.1 Å². The summed E-state index contributed by atoms with van der Waals surface area (Å²) in [6, 6.07) is 53.0. The molecule has 0 aliphatic carbocycles. The molecule has 0 aliphatic rings. The number of nitrogens with two attached hydrogens (primary N) is 1. The van der Waals surface area contributed by atoms with Gasteiger partial charge in [-0.2, -0.15) is 5.26 Å². The molecule has 3 aromatic heterocycles. The number of hydrogen-bond acceptors (Lipinski definition) is 5. The first-order valence-corrected chi connectivity index (χ1v) is 17.4. The Morgan fingerprint density at radius 1 is 0.620 bits per heavy atom. The van der Waals surface area contributed by atoms with E-state index in [0.717, 1.165) is 70.3 Å². The van der Waals surface area contributed by atoms with E-state index in [1.54, 1.807) is 11.3 Å². The number of fused-ring (bicyclic) bond motifs is 8. The first-order valence-electron chi connectivity index (χ1n) is 16.5. The van der Waals surface area contributed by atoms with Crippen LogP contribution in [0.5, 0.6) is 0 Å². The zero-order chi connectivity index (χ0) is 33.3. The molecule has 1 atom stereocenters. The number of furan rings is 1. The number of nitrogen functional groups attached to an aromatic ring is 1. The highest BCUT2D eigenvalue weighted by molar-refractivity contribution is 7.20. The molecule has 1 unspecified atom stereocenters. The van der Waals surface area contributed by atoms with Gasteiger partial charge in [0.05, 0.1) is 33.8 Å². The molecule has 10 rings (SSSR count). The van der Waals surface area contributed by atoms with E-state index in [9.17, 15) is 5.26 Å². The smallest absolute Gasteiger partial charge is 0.135 e. The van der Waals surface area contributed by atoms with Gasteiger partial charge in [0.2, 0.25) is 0 Å². The Morgan fingerprint density at radius 2 is 1.38 bits per heavy atom. The van der Waals surface area contributed by atoms with Crippen molar-refractivity contribution >= 4 is 81.6 Å². The lowest BCUT2D eigenvalue weighted by Crippen LogP contribution is -2.15. The van der Waals surface area contributed by atoms with Crippen LogP contribution in [-0.4, -0.2) is 4.57 Å². The molecule has 0 saturated heterocycles. The van der Waals surface area contributed by atoms with E-state index in [0.29, 0.717) is 5.56 Å². The summed E-state index contributed by atoms with van der Waals surface area (Å²) in [6.45, 7) is 0. The SMILES string of the molecule is N#Cc1cccc(-c2ccc3sc(C(c4ccc5oc6ccccc6c5c4)n4c5ccccc5c5cc6ccccc6cc54)c(NN)c3c2)c1. The highest BCUT2D eigenvalue weighted by Crippen LogP contribution is 2.48. The van der Waals surface area contributed by atoms with Crippen LogP contribution < -0.4 is 11.3 Å². The number of thiophene rings is 1. The van der Waals surface area contributed by atoms with E-state index in [1.807, 2.05) is 36.4 Å². The van der Waals surface area contributed by atoms with Crippen LogP contribution >= 0.6 is 11.3 Å². The summed E-state index contributed by atoms with van der Waals surface area (Å²) in [7, 11) is 0. The first-order chi connectivity index (χ1) is 24.7. The minimum atomic E-state index is -0.231. The lowest BCUT2D eigenvalue weighted by atomic mass is 9.98. The molecule has 0 fully saturated rings. The lowest BCUT2D eigenvalue weighted by molar-refractivity contribution is 0.668. The molecule has 236 valence electrons. The second-order valence-electron chi connectivity index (χ2n) is 12.7. The van der Waals surface area contributed by atoms with Gasteiger partial charge in [-0.1, -0.05) is 84.9 Å². The lowest BCUT2D eigenvalue weighted by Gasteiger charge is -2.23. The van der Waals surface area contributed by atoms with Crippen LogP contribution in [0.15, 0.2) is 150 Å². The normalized spacial score (nSPS) is 12.4. The van der Waals surface area contributed by atoms with Crippen molar-refractivity contribution in [3.63, 3.8) is 0 Å². The molecule has 0 aliphatic heterocycles. The highest BCUT2D eigenvalue weighted by Gasteiger charge is 2.28. The van der Waals surface area contributed by atoms with Gasteiger partial charge in [-0.15, -0.1) is 11.3 Å². The molecule has 0 saturated carbocycles. The second-order valence-corrected chi connectivity index (χ2v) is 13.8. The zero-order valence-corrected chi connectivity index (χ0v) is 27.5. The van der Waals surface area contributed by atoms with E-state index >= 15 is 0 Å². The minimum Gasteiger partial charge on any atom is -0.456 e. The highest BCUT2D eigenvalue weighted by atomic mass is 32.1. The topological polar surface area (TPSA) is 79.9 Å². The number of hydrazine groups is 1. The standard InChI is InChI=1S/C44H28N4OS/c45-25-26-8-7-11-27(20-26)30-17-19-41-36(22-30)42(47-46)44(50-41)43(31-16-18-40-35(23-31)33-13-4-6-15-39(33)49-40)48-37-14-5-3-12-32(37)34-21-28-9-1-2-10-29(28)24-38(34)48/h1-24,43,47H,46H2. The van der Waals surface area contributed by atoms with Gasteiger partial charge < -0.3 is 14.4 Å². The third kappa shape index (κ3) is 4.28. The molecular formula is C44H28N4OS. The van der Waals surface area contributed by atoms with E-state index in [-0.39, 0.29) is 6.04 Å². The van der Waals surface area contributed by atoms with E-state index in [2.05, 4.69) is 125 Å². The van der Waals surface area contributed by atoms with E-state index in [4.69, 9.17) is 10.3 Å². The summed E-state index contributed by atoms with van der Waals surface area (Å²) >= 11 is 1.75. The molecule has 0 radical (unpaired) electrons. The van der Waals surface area contributed by atoms with Crippen molar-refractivity contribution in [1.29, 1.82) is 5.26 Å². The number of rotatable bonds is 5. The van der Waals surface area contributed by atoms with Crippen molar-refractivity contribution in [3.8, 4) is 17.2 Å². The molecule has 0 bridgehead atoms. The molecule has 3 heterocycles. The monoisotopic (exact) mass is 660 g/mol. The van der Waals surface area contributed by atoms with Crippen molar-refractivity contribution in [2.24, 2.45) is 5.84 Å². The van der Waals surface area contributed by atoms with Crippen LogP contribution in [0.4, 0.5) is 5.69 Å². The summed E-state index contributed by atoms with van der Waals surface area (Å²) in [4.78, 5) is 1.10. The van der Waals surface area contributed by atoms with Crippen LogP contribution in [0, 0.1) is 11.3 Å². The molecule has 0 amide bonds. The molecule has 7 aromatic carbocycles. The van der Waals surface area contributed by atoms with Crippen molar-refractivity contribution < 1.29 is 4.42 Å². The summed E-state index contributed by atoms with van der Waals surface area (Å²) in [5, 5.41) is 17.6. The third-order valence-corrected chi connectivity index (χ3v) is 11.2. The zero-order valence-electron chi connectivity index (χ0n) is 26.7. The van der Waals surface area contributed by atoms with Crippen LogP contribution in [-0.2, 0) is 0 Å². The Kier molecular flexibility index (Phi) is 6.34. The Hall–Kier alpha value is -6.39. The predicted molar refractivity (Wildman–Crippen MR) is 208 cm³/mol. The van der Waals surface area contributed by atoms with Gasteiger partial charge in [0.15, 0.2) is 0 Å². The fourth-order valence-electron chi connectivity index (χ4n) is 7.70. The number of nitrogens with zero attached hydrogens (tertiary/aromatic N) is 2. The Morgan fingerprint density at radius 3 is 2.24 bits per heavy atom. The maximum absolute atomic E-state index is 9.56. The number of hydrogen-bond donors (Lipinski definition) is 2. The molecule has 6 heteroatoms. The van der Waals surface area contributed by atoms with Gasteiger partial charge in [-0.3, -0.25) is 5.84 Å². The average molecular weight is 661 g/mol. The maximum atomic E-state index is 9.56.